The number of rotatable bonds is 3. The van der Waals surface area contributed by atoms with Gasteiger partial charge in [0, 0.05) is 31.7 Å². The Balaban J connectivity index is 2.33. The number of allylic oxidation sites excluding steroid dienone is 1. The lowest BCUT2D eigenvalue weighted by Gasteiger charge is -2.33. The maximum absolute atomic E-state index is 9.96. The highest BCUT2D eigenvalue weighted by Gasteiger charge is 2.23. The molecule has 1 aromatic rings. The van der Waals surface area contributed by atoms with Crippen LogP contribution in [-0.4, -0.2) is 27.1 Å². The van der Waals surface area contributed by atoms with Gasteiger partial charge in [-0.15, -0.1) is 0 Å². The lowest BCUT2D eigenvalue weighted by molar-refractivity contribution is 0.0483. The fraction of sp³-hybridized carbons (Fsp3) is 0.533. The fourth-order valence-electron chi connectivity index (χ4n) is 2.42. The predicted molar refractivity (Wildman–Crippen MR) is 73.8 cm³/mol. The monoisotopic (exact) mass is 246 g/mol. The first-order chi connectivity index (χ1) is 8.37. The molecule has 2 heterocycles. The third-order valence-electron chi connectivity index (χ3n) is 3.12. The molecule has 0 unspecified atom stereocenters. The minimum atomic E-state index is -0.682. The Morgan fingerprint density at radius 3 is 2.78 bits per heavy atom. The van der Waals surface area contributed by atoms with Gasteiger partial charge in [0.2, 0.25) is 0 Å². The molecule has 0 saturated heterocycles. The second-order valence-corrected chi connectivity index (χ2v) is 5.99. The van der Waals surface area contributed by atoms with Crippen molar-refractivity contribution in [2.24, 2.45) is 5.92 Å². The smallest absolute Gasteiger partial charge is 0.0765 e. The van der Waals surface area contributed by atoms with Gasteiger partial charge in [0.1, 0.15) is 0 Å². The van der Waals surface area contributed by atoms with E-state index in [1.54, 1.807) is 0 Å². The van der Waals surface area contributed by atoms with Crippen molar-refractivity contribution in [3.05, 3.63) is 35.8 Å². The third-order valence-corrected chi connectivity index (χ3v) is 3.12. The van der Waals surface area contributed by atoms with Crippen LogP contribution in [0, 0.1) is 5.92 Å². The van der Waals surface area contributed by atoms with Crippen molar-refractivity contribution < 1.29 is 5.11 Å². The van der Waals surface area contributed by atoms with Gasteiger partial charge in [-0.25, -0.2) is 0 Å². The van der Waals surface area contributed by atoms with Crippen molar-refractivity contribution >= 4 is 5.57 Å². The average Bonchev–Trinajstić information content (AvgIpc) is 2.25. The zero-order chi connectivity index (χ0) is 13.3. The Morgan fingerprint density at radius 2 is 2.17 bits per heavy atom. The fourth-order valence-corrected chi connectivity index (χ4v) is 2.42. The first kappa shape index (κ1) is 13.1. The summed E-state index contributed by atoms with van der Waals surface area (Å²) < 4.78 is 0. The number of fused-ring (bicyclic) bond motifs is 1. The van der Waals surface area contributed by atoms with Gasteiger partial charge in [-0.05, 0) is 42.5 Å². The molecule has 1 aliphatic heterocycles. The number of nitrogens with zero attached hydrogens (tertiary/aromatic N) is 2. The number of pyridine rings is 1. The summed E-state index contributed by atoms with van der Waals surface area (Å²) in [6.07, 6.45) is 5.97. The van der Waals surface area contributed by atoms with E-state index in [-0.39, 0.29) is 0 Å². The summed E-state index contributed by atoms with van der Waals surface area (Å²) >= 11 is 0. The minimum absolute atomic E-state index is 0.468. The zero-order valence-corrected chi connectivity index (χ0v) is 11.6. The lowest BCUT2D eigenvalue weighted by Crippen LogP contribution is -2.37. The van der Waals surface area contributed by atoms with E-state index < -0.39 is 5.60 Å². The third kappa shape index (κ3) is 2.91. The molecule has 0 amide bonds. The van der Waals surface area contributed by atoms with Gasteiger partial charge in [0.15, 0.2) is 0 Å². The number of aliphatic hydroxyl groups is 1. The summed E-state index contributed by atoms with van der Waals surface area (Å²) in [7, 11) is 0. The summed E-state index contributed by atoms with van der Waals surface area (Å²) in [4.78, 5) is 6.39. The van der Waals surface area contributed by atoms with E-state index in [0.717, 1.165) is 6.54 Å². The molecule has 1 N–H and O–H groups in total. The topological polar surface area (TPSA) is 36.4 Å². The highest BCUT2D eigenvalue weighted by molar-refractivity contribution is 5.70. The van der Waals surface area contributed by atoms with Gasteiger partial charge in [-0.2, -0.15) is 0 Å². The van der Waals surface area contributed by atoms with Crippen LogP contribution in [0.4, 0.5) is 0 Å². The Morgan fingerprint density at radius 1 is 1.44 bits per heavy atom. The van der Waals surface area contributed by atoms with Crippen molar-refractivity contribution in [2.45, 2.75) is 39.8 Å². The van der Waals surface area contributed by atoms with Gasteiger partial charge in [0.25, 0.3) is 0 Å². The summed E-state index contributed by atoms with van der Waals surface area (Å²) in [6, 6.07) is 2.09. The highest BCUT2D eigenvalue weighted by Crippen LogP contribution is 2.31. The van der Waals surface area contributed by atoms with Crippen molar-refractivity contribution in [3.8, 4) is 0 Å². The Bertz CT molecular complexity index is 458. The average molecular weight is 246 g/mol. The molecule has 0 bridgehead atoms. The molecule has 1 aliphatic rings. The number of hydrogen-bond acceptors (Lipinski definition) is 3. The molecule has 0 atom stereocenters. The Labute approximate surface area is 109 Å². The van der Waals surface area contributed by atoms with Crippen LogP contribution in [0.15, 0.2) is 24.7 Å². The van der Waals surface area contributed by atoms with Gasteiger partial charge in [0.05, 0.1) is 5.60 Å². The number of β-amino-alcohol motifs (C(OH)–C–C–N with tert-alkyl or cyclic N) is 1. The maximum atomic E-state index is 9.96. The van der Waals surface area contributed by atoms with Crippen LogP contribution in [-0.2, 0) is 6.54 Å². The van der Waals surface area contributed by atoms with Crippen molar-refractivity contribution in [3.63, 3.8) is 0 Å². The molecular formula is C15H22N2O. The van der Waals surface area contributed by atoms with Crippen molar-refractivity contribution in [2.75, 3.05) is 6.54 Å². The van der Waals surface area contributed by atoms with Crippen molar-refractivity contribution in [1.29, 1.82) is 0 Å². The molecule has 0 spiro atoms. The van der Waals surface area contributed by atoms with E-state index in [0.29, 0.717) is 12.5 Å². The normalized spacial score (nSPS) is 15.7. The summed E-state index contributed by atoms with van der Waals surface area (Å²) in [6.45, 7) is 9.54. The van der Waals surface area contributed by atoms with Crippen LogP contribution in [0.25, 0.3) is 5.57 Å². The quantitative estimate of drug-likeness (QED) is 0.890. The van der Waals surface area contributed by atoms with E-state index in [2.05, 4.69) is 36.0 Å². The SMILES string of the molecule is CC(C)C1=CN(CC(C)(C)O)Cc2cnccc21. The van der Waals surface area contributed by atoms with Crippen molar-refractivity contribution in [1.82, 2.24) is 9.88 Å². The minimum Gasteiger partial charge on any atom is -0.389 e. The van der Waals surface area contributed by atoms with Crippen LogP contribution in [0.3, 0.4) is 0 Å². The molecule has 1 aromatic heterocycles. The predicted octanol–water partition coefficient (Wildman–Crippen LogP) is 2.67. The molecule has 98 valence electrons. The largest absolute Gasteiger partial charge is 0.389 e. The molecule has 0 fully saturated rings. The number of aromatic nitrogens is 1. The van der Waals surface area contributed by atoms with Crippen LogP contribution in [0.2, 0.25) is 0 Å². The Kier molecular flexibility index (Phi) is 3.44. The van der Waals surface area contributed by atoms with Crippen LogP contribution in [0.1, 0.15) is 38.8 Å². The molecule has 0 aliphatic carbocycles. The van der Waals surface area contributed by atoms with E-state index in [1.165, 1.54) is 16.7 Å². The Hall–Kier alpha value is -1.35. The highest BCUT2D eigenvalue weighted by atomic mass is 16.3. The number of hydrogen-bond donors (Lipinski definition) is 1. The molecule has 0 radical (unpaired) electrons. The van der Waals surface area contributed by atoms with Crippen LogP contribution in [0.5, 0.6) is 0 Å². The molecule has 0 saturated carbocycles. The summed E-state index contributed by atoms with van der Waals surface area (Å²) in [5, 5.41) is 9.96. The second kappa shape index (κ2) is 4.73. The summed E-state index contributed by atoms with van der Waals surface area (Å²) in [5.74, 6) is 0.468. The van der Waals surface area contributed by atoms with Crippen LogP contribution >= 0.6 is 0 Å². The molecular weight excluding hydrogens is 224 g/mol. The first-order valence-corrected chi connectivity index (χ1v) is 6.48. The van der Waals surface area contributed by atoms with Gasteiger partial charge < -0.3 is 10.0 Å². The lowest BCUT2D eigenvalue weighted by atomic mass is 9.90. The van der Waals surface area contributed by atoms with Gasteiger partial charge in [-0.3, -0.25) is 4.98 Å². The van der Waals surface area contributed by atoms with E-state index in [1.807, 2.05) is 26.2 Å². The maximum Gasteiger partial charge on any atom is 0.0765 e. The first-order valence-electron chi connectivity index (χ1n) is 6.48. The summed E-state index contributed by atoms with van der Waals surface area (Å²) in [5.41, 5.74) is 3.18. The molecule has 2 rings (SSSR count). The second-order valence-electron chi connectivity index (χ2n) is 5.99. The molecule has 3 heteroatoms. The van der Waals surface area contributed by atoms with E-state index in [4.69, 9.17) is 0 Å². The van der Waals surface area contributed by atoms with Gasteiger partial charge >= 0.3 is 0 Å². The van der Waals surface area contributed by atoms with Gasteiger partial charge in [-0.1, -0.05) is 13.8 Å². The molecule has 3 nitrogen and oxygen atoms in total. The van der Waals surface area contributed by atoms with E-state index in [9.17, 15) is 5.11 Å². The van der Waals surface area contributed by atoms with E-state index >= 15 is 0 Å². The molecule has 18 heavy (non-hydrogen) atoms. The molecule has 0 aromatic carbocycles. The standard InChI is InChI=1S/C15H22N2O/c1-11(2)14-9-17(10-15(3,4)18)8-12-7-16-6-5-13(12)14/h5-7,9,11,18H,8,10H2,1-4H3. The van der Waals surface area contributed by atoms with Crippen LogP contribution < -0.4 is 0 Å². The zero-order valence-electron chi connectivity index (χ0n) is 11.6.